The monoisotopic (exact) mass is 488 g/mol. The van der Waals surface area contributed by atoms with Crippen LogP contribution in [0.4, 0.5) is 5.69 Å². The van der Waals surface area contributed by atoms with E-state index in [9.17, 15) is 19.7 Å². The number of ether oxygens (including phenoxy) is 1. The lowest BCUT2D eigenvalue weighted by molar-refractivity contribution is -0.384. The molecular formula is C27H28N4O5. The molecule has 1 aliphatic heterocycles. The lowest BCUT2D eigenvalue weighted by Crippen LogP contribution is -2.31. The van der Waals surface area contributed by atoms with Crippen LogP contribution in [0, 0.1) is 15.5 Å². The number of nitrogens with one attached hydrogen (secondary N) is 1. The highest BCUT2D eigenvalue weighted by Gasteiger charge is 2.38. The molecule has 1 fully saturated rings. The van der Waals surface area contributed by atoms with E-state index >= 15 is 0 Å². The van der Waals surface area contributed by atoms with E-state index in [4.69, 9.17) is 9.84 Å². The minimum absolute atomic E-state index is 0.0286. The molecule has 1 aromatic heterocycles. The molecule has 1 atom stereocenters. The summed E-state index contributed by atoms with van der Waals surface area (Å²) in [6.07, 6.45) is 2.71. The number of aromatic nitrogens is 2. The Hall–Kier alpha value is -3.85. The first-order chi connectivity index (χ1) is 17.2. The quantitative estimate of drug-likeness (QED) is 0.403. The average molecular weight is 489 g/mol. The summed E-state index contributed by atoms with van der Waals surface area (Å²) in [5.74, 6) is -0.428. The summed E-state index contributed by atoms with van der Waals surface area (Å²) in [5, 5.41) is 19.7. The van der Waals surface area contributed by atoms with Crippen LogP contribution in [0.3, 0.4) is 0 Å². The Balaban J connectivity index is 1.57. The molecule has 36 heavy (non-hydrogen) atoms. The van der Waals surface area contributed by atoms with E-state index in [0.717, 1.165) is 18.4 Å². The third-order valence-corrected chi connectivity index (χ3v) is 6.77. The van der Waals surface area contributed by atoms with Gasteiger partial charge in [0.15, 0.2) is 5.78 Å². The molecule has 2 aromatic carbocycles. The number of fused-ring (bicyclic) bond motifs is 1. The first kappa shape index (κ1) is 23.9. The van der Waals surface area contributed by atoms with Gasteiger partial charge in [0, 0.05) is 36.8 Å². The number of carbonyl (C=O) groups is 2. The van der Waals surface area contributed by atoms with Crippen LogP contribution >= 0.6 is 0 Å². The van der Waals surface area contributed by atoms with Gasteiger partial charge in [0.1, 0.15) is 11.4 Å². The SMILES string of the molecule is CC1(C)CC(=O)c2c(-c3ccccc3)nn(-c3ccc(C(=O)NCC4CCCO4)cc3[N+](=O)[O-])c2C1. The smallest absolute Gasteiger partial charge is 0.295 e. The molecule has 1 amide bonds. The lowest BCUT2D eigenvalue weighted by atomic mass is 9.75. The van der Waals surface area contributed by atoms with Gasteiger partial charge in [-0.1, -0.05) is 44.2 Å². The number of hydrogen-bond acceptors (Lipinski definition) is 6. The van der Waals surface area contributed by atoms with Gasteiger partial charge >= 0.3 is 0 Å². The molecule has 0 radical (unpaired) electrons. The summed E-state index contributed by atoms with van der Waals surface area (Å²) >= 11 is 0. The van der Waals surface area contributed by atoms with Crippen molar-refractivity contribution in [3.05, 3.63) is 75.5 Å². The Bertz CT molecular complexity index is 1340. The number of amides is 1. The summed E-state index contributed by atoms with van der Waals surface area (Å²) in [5.41, 5.74) is 2.28. The van der Waals surface area contributed by atoms with Crippen molar-refractivity contribution in [2.75, 3.05) is 13.2 Å². The summed E-state index contributed by atoms with van der Waals surface area (Å²) in [6.45, 7) is 5.05. The summed E-state index contributed by atoms with van der Waals surface area (Å²) in [6, 6.07) is 13.7. The van der Waals surface area contributed by atoms with E-state index in [1.165, 1.54) is 16.8 Å². The third-order valence-electron chi connectivity index (χ3n) is 6.77. The second-order valence-corrected chi connectivity index (χ2v) is 10.2. The van der Waals surface area contributed by atoms with Crippen molar-refractivity contribution in [1.82, 2.24) is 15.1 Å². The number of carbonyl (C=O) groups excluding carboxylic acids is 2. The molecule has 9 nitrogen and oxygen atoms in total. The zero-order valence-electron chi connectivity index (χ0n) is 20.3. The highest BCUT2D eigenvalue weighted by atomic mass is 16.6. The van der Waals surface area contributed by atoms with E-state index < -0.39 is 10.8 Å². The van der Waals surface area contributed by atoms with Gasteiger partial charge in [-0.25, -0.2) is 4.68 Å². The number of hydrogen-bond donors (Lipinski definition) is 1. The van der Waals surface area contributed by atoms with Crippen LogP contribution in [0.5, 0.6) is 0 Å². The number of rotatable bonds is 6. The van der Waals surface area contributed by atoms with Crippen molar-refractivity contribution in [3.8, 4) is 16.9 Å². The maximum absolute atomic E-state index is 13.2. The van der Waals surface area contributed by atoms with E-state index in [0.29, 0.717) is 42.9 Å². The van der Waals surface area contributed by atoms with Gasteiger partial charge in [0.25, 0.3) is 11.6 Å². The Morgan fingerprint density at radius 2 is 2.00 bits per heavy atom. The number of nitrogens with zero attached hydrogens (tertiary/aromatic N) is 3. The van der Waals surface area contributed by atoms with Crippen molar-refractivity contribution >= 4 is 17.4 Å². The molecule has 2 heterocycles. The Labute approximate surface area is 208 Å². The third kappa shape index (κ3) is 4.54. The van der Waals surface area contributed by atoms with Crippen LogP contribution in [0.25, 0.3) is 16.9 Å². The largest absolute Gasteiger partial charge is 0.376 e. The Morgan fingerprint density at radius 3 is 2.69 bits per heavy atom. The molecule has 9 heteroatoms. The zero-order chi connectivity index (χ0) is 25.4. The van der Waals surface area contributed by atoms with Crippen LogP contribution in [-0.4, -0.2) is 45.6 Å². The van der Waals surface area contributed by atoms with Crippen molar-refractivity contribution in [1.29, 1.82) is 0 Å². The number of Topliss-reactive ketones (excluding diaryl/α,β-unsaturated/α-hetero) is 1. The number of nitro benzene ring substituents is 1. The van der Waals surface area contributed by atoms with Crippen molar-refractivity contribution in [2.24, 2.45) is 5.41 Å². The molecule has 1 aliphatic carbocycles. The molecule has 2 aliphatic rings. The minimum Gasteiger partial charge on any atom is -0.376 e. The van der Waals surface area contributed by atoms with Crippen LogP contribution < -0.4 is 5.32 Å². The molecule has 0 spiro atoms. The average Bonchev–Trinajstić information content (AvgIpc) is 3.50. The van der Waals surface area contributed by atoms with Gasteiger partial charge in [-0.2, -0.15) is 5.10 Å². The topological polar surface area (TPSA) is 116 Å². The van der Waals surface area contributed by atoms with E-state index in [1.807, 2.05) is 44.2 Å². The van der Waals surface area contributed by atoms with Gasteiger partial charge in [-0.15, -0.1) is 0 Å². The lowest BCUT2D eigenvalue weighted by Gasteiger charge is -2.29. The summed E-state index contributed by atoms with van der Waals surface area (Å²) < 4.78 is 7.05. The Morgan fingerprint density at radius 1 is 1.22 bits per heavy atom. The summed E-state index contributed by atoms with van der Waals surface area (Å²) in [4.78, 5) is 37.6. The highest BCUT2D eigenvalue weighted by molar-refractivity contribution is 6.04. The Kier molecular flexibility index (Phi) is 6.17. The molecule has 0 saturated carbocycles. The second kappa shape index (κ2) is 9.31. The first-order valence-electron chi connectivity index (χ1n) is 12.1. The fourth-order valence-corrected chi connectivity index (χ4v) is 5.05. The van der Waals surface area contributed by atoms with Gasteiger partial charge in [-0.05, 0) is 36.8 Å². The number of ketones is 1. The van der Waals surface area contributed by atoms with E-state index in [2.05, 4.69) is 5.32 Å². The molecular weight excluding hydrogens is 460 g/mol. The highest BCUT2D eigenvalue weighted by Crippen LogP contribution is 2.41. The molecule has 0 bridgehead atoms. The van der Waals surface area contributed by atoms with Crippen molar-refractivity contribution in [3.63, 3.8) is 0 Å². The fourth-order valence-electron chi connectivity index (χ4n) is 5.05. The van der Waals surface area contributed by atoms with Gasteiger partial charge in [0.2, 0.25) is 0 Å². The normalized spacial score (nSPS) is 18.6. The zero-order valence-corrected chi connectivity index (χ0v) is 20.3. The van der Waals surface area contributed by atoms with Crippen LogP contribution in [0.1, 0.15) is 59.5 Å². The van der Waals surface area contributed by atoms with Gasteiger partial charge in [-0.3, -0.25) is 19.7 Å². The van der Waals surface area contributed by atoms with Crippen LogP contribution in [0.2, 0.25) is 0 Å². The number of nitro groups is 1. The maximum Gasteiger partial charge on any atom is 0.295 e. The van der Waals surface area contributed by atoms with Crippen LogP contribution in [0.15, 0.2) is 48.5 Å². The van der Waals surface area contributed by atoms with E-state index in [1.54, 1.807) is 6.07 Å². The second-order valence-electron chi connectivity index (χ2n) is 10.2. The predicted molar refractivity (Wildman–Crippen MR) is 133 cm³/mol. The summed E-state index contributed by atoms with van der Waals surface area (Å²) in [7, 11) is 0. The standard InChI is InChI=1S/C27H28N4O5/c1-27(2)14-22-24(23(32)15-27)25(17-7-4-3-5-8-17)29-30(22)20-11-10-18(13-21(20)31(34)35)26(33)28-16-19-9-6-12-36-19/h3-5,7-8,10-11,13,19H,6,9,12,14-16H2,1-2H3,(H,28,33). The van der Waals surface area contributed by atoms with Crippen molar-refractivity contribution in [2.45, 2.75) is 45.6 Å². The number of benzene rings is 2. The van der Waals surface area contributed by atoms with Crippen LogP contribution in [-0.2, 0) is 11.2 Å². The van der Waals surface area contributed by atoms with Gasteiger partial charge in [0.05, 0.1) is 22.3 Å². The molecule has 186 valence electrons. The molecule has 1 unspecified atom stereocenters. The van der Waals surface area contributed by atoms with E-state index in [-0.39, 0.29) is 34.2 Å². The minimum atomic E-state index is -0.516. The molecule has 3 aromatic rings. The fraction of sp³-hybridized carbons (Fsp3) is 0.370. The maximum atomic E-state index is 13.2. The van der Waals surface area contributed by atoms with Gasteiger partial charge < -0.3 is 10.1 Å². The predicted octanol–water partition coefficient (Wildman–Crippen LogP) is 4.51. The molecule has 5 rings (SSSR count). The first-order valence-corrected chi connectivity index (χ1v) is 12.1. The van der Waals surface area contributed by atoms with Crippen molar-refractivity contribution < 1.29 is 19.2 Å². The molecule has 1 saturated heterocycles. The molecule has 1 N–H and O–H groups in total.